The molecule has 0 heterocycles. The molecule has 0 amide bonds. The van der Waals surface area contributed by atoms with Gasteiger partial charge in [-0.1, -0.05) is 5.16 Å². The van der Waals surface area contributed by atoms with Gasteiger partial charge in [-0.25, -0.2) is 0 Å². The molecule has 0 saturated carbocycles. The fourth-order valence-electron chi connectivity index (χ4n) is 1.57. The Hall–Kier alpha value is -1.91. The summed E-state index contributed by atoms with van der Waals surface area (Å²) in [5, 5.41) is 11.8. The maximum atomic E-state index is 8.65. The van der Waals surface area contributed by atoms with Crippen LogP contribution in [0.1, 0.15) is 12.5 Å². The van der Waals surface area contributed by atoms with E-state index in [-0.39, 0.29) is 0 Å². The first-order valence-electron chi connectivity index (χ1n) is 5.12. The van der Waals surface area contributed by atoms with Crippen molar-refractivity contribution in [3.63, 3.8) is 0 Å². The highest BCUT2D eigenvalue weighted by Gasteiger charge is 2.13. The molecule has 0 saturated heterocycles. The quantitative estimate of drug-likeness (QED) is 0.485. The Bertz CT molecular complexity index is 390. The van der Waals surface area contributed by atoms with Gasteiger partial charge in [-0.2, -0.15) is 0 Å². The molecular formula is C12H17NO4. The van der Waals surface area contributed by atoms with Gasteiger partial charge < -0.3 is 19.4 Å². The van der Waals surface area contributed by atoms with Gasteiger partial charge in [0, 0.05) is 6.42 Å². The van der Waals surface area contributed by atoms with Crippen LogP contribution in [0.25, 0.3) is 0 Å². The molecule has 0 bridgehead atoms. The van der Waals surface area contributed by atoms with Crippen LogP contribution in [-0.4, -0.2) is 32.2 Å². The van der Waals surface area contributed by atoms with E-state index in [1.165, 1.54) is 0 Å². The Kier molecular flexibility index (Phi) is 4.63. The van der Waals surface area contributed by atoms with E-state index < -0.39 is 0 Å². The third-order valence-electron chi connectivity index (χ3n) is 2.36. The van der Waals surface area contributed by atoms with E-state index >= 15 is 0 Å². The number of nitrogens with zero attached hydrogens (tertiary/aromatic N) is 1. The second kappa shape index (κ2) is 5.98. The van der Waals surface area contributed by atoms with Crippen molar-refractivity contribution in [2.75, 3.05) is 21.3 Å². The molecule has 5 heteroatoms. The third kappa shape index (κ3) is 3.03. The number of rotatable bonds is 5. The number of ether oxygens (including phenoxy) is 3. The lowest BCUT2D eigenvalue weighted by Gasteiger charge is -2.13. The molecule has 1 rings (SSSR count). The van der Waals surface area contributed by atoms with Crippen LogP contribution in [0.2, 0.25) is 0 Å². The first-order chi connectivity index (χ1) is 8.15. The molecule has 0 spiro atoms. The van der Waals surface area contributed by atoms with Crippen LogP contribution < -0.4 is 14.2 Å². The minimum atomic E-state index is 0.521. The summed E-state index contributed by atoms with van der Waals surface area (Å²) in [7, 11) is 4.68. The first-order valence-corrected chi connectivity index (χ1v) is 5.12. The highest BCUT2D eigenvalue weighted by Crippen LogP contribution is 2.38. The standard InChI is InChI=1S/C12H17NO4/c1-8(13-14)5-9-6-10(15-2)12(17-4)11(7-9)16-3/h6-7,14H,5H2,1-4H3/b13-8+. The zero-order valence-electron chi connectivity index (χ0n) is 10.5. The topological polar surface area (TPSA) is 60.3 Å². The maximum Gasteiger partial charge on any atom is 0.203 e. The Morgan fingerprint density at radius 1 is 1.12 bits per heavy atom. The van der Waals surface area contributed by atoms with E-state index in [2.05, 4.69) is 5.16 Å². The monoisotopic (exact) mass is 239 g/mol. The van der Waals surface area contributed by atoms with Gasteiger partial charge in [-0.05, 0) is 24.6 Å². The van der Waals surface area contributed by atoms with Gasteiger partial charge >= 0.3 is 0 Å². The van der Waals surface area contributed by atoms with Crippen LogP contribution in [0.15, 0.2) is 17.3 Å². The van der Waals surface area contributed by atoms with Gasteiger partial charge in [0.1, 0.15) is 0 Å². The van der Waals surface area contributed by atoms with E-state index in [1.54, 1.807) is 28.3 Å². The number of benzene rings is 1. The van der Waals surface area contributed by atoms with Crippen LogP contribution in [0, 0.1) is 0 Å². The Morgan fingerprint density at radius 2 is 1.65 bits per heavy atom. The zero-order valence-corrected chi connectivity index (χ0v) is 10.5. The summed E-state index contributed by atoms with van der Waals surface area (Å²) in [6, 6.07) is 3.66. The van der Waals surface area contributed by atoms with Crippen LogP contribution >= 0.6 is 0 Å². The molecule has 0 atom stereocenters. The highest BCUT2D eigenvalue weighted by molar-refractivity contribution is 5.83. The number of oxime groups is 1. The van der Waals surface area contributed by atoms with Crippen molar-refractivity contribution in [1.29, 1.82) is 0 Å². The van der Waals surface area contributed by atoms with Crippen LogP contribution in [0.4, 0.5) is 0 Å². The fraction of sp³-hybridized carbons (Fsp3) is 0.417. The average Bonchev–Trinajstić information content (AvgIpc) is 2.37. The lowest BCUT2D eigenvalue weighted by molar-refractivity contribution is 0.317. The molecule has 0 radical (unpaired) electrons. The largest absolute Gasteiger partial charge is 0.493 e. The summed E-state index contributed by atoms with van der Waals surface area (Å²) in [6.45, 7) is 1.74. The van der Waals surface area contributed by atoms with Crippen molar-refractivity contribution >= 4 is 5.71 Å². The van der Waals surface area contributed by atoms with Crippen LogP contribution in [-0.2, 0) is 6.42 Å². The van der Waals surface area contributed by atoms with E-state index in [0.717, 1.165) is 5.56 Å². The molecule has 1 aromatic rings. The molecular weight excluding hydrogens is 222 g/mol. The van der Waals surface area contributed by atoms with Gasteiger partial charge in [-0.15, -0.1) is 0 Å². The molecule has 0 unspecified atom stereocenters. The molecule has 0 aliphatic heterocycles. The summed E-state index contributed by atoms with van der Waals surface area (Å²) < 4.78 is 15.7. The van der Waals surface area contributed by atoms with Crippen LogP contribution in [0.5, 0.6) is 17.2 Å². The van der Waals surface area contributed by atoms with Crippen molar-refractivity contribution in [2.45, 2.75) is 13.3 Å². The Labute approximate surface area is 101 Å². The molecule has 0 aromatic heterocycles. The lowest BCUT2D eigenvalue weighted by Crippen LogP contribution is -2.01. The minimum absolute atomic E-state index is 0.521. The zero-order chi connectivity index (χ0) is 12.8. The first kappa shape index (κ1) is 13.2. The van der Waals surface area contributed by atoms with Gasteiger partial charge in [0.2, 0.25) is 5.75 Å². The molecule has 0 fully saturated rings. The molecule has 0 aliphatic rings. The second-order valence-corrected chi connectivity index (χ2v) is 3.55. The van der Waals surface area contributed by atoms with Gasteiger partial charge in [0.05, 0.1) is 27.0 Å². The SMILES string of the molecule is COc1cc(C/C(C)=N/O)cc(OC)c1OC. The fourth-order valence-corrected chi connectivity index (χ4v) is 1.57. The lowest BCUT2D eigenvalue weighted by atomic mass is 10.1. The Balaban J connectivity index is 3.17. The van der Waals surface area contributed by atoms with Gasteiger partial charge in [0.15, 0.2) is 11.5 Å². The Morgan fingerprint density at radius 3 is 2.00 bits per heavy atom. The van der Waals surface area contributed by atoms with Crippen molar-refractivity contribution in [3.05, 3.63) is 17.7 Å². The molecule has 17 heavy (non-hydrogen) atoms. The van der Waals surface area contributed by atoms with Crippen molar-refractivity contribution in [1.82, 2.24) is 0 Å². The maximum absolute atomic E-state index is 8.65. The van der Waals surface area contributed by atoms with Crippen molar-refractivity contribution in [2.24, 2.45) is 5.16 Å². The normalized spacial score (nSPS) is 11.2. The highest BCUT2D eigenvalue weighted by atomic mass is 16.5. The predicted molar refractivity (Wildman–Crippen MR) is 64.7 cm³/mol. The van der Waals surface area contributed by atoms with Crippen LogP contribution in [0.3, 0.4) is 0 Å². The number of hydrogen-bond acceptors (Lipinski definition) is 5. The summed E-state index contributed by atoms with van der Waals surface area (Å²) >= 11 is 0. The van der Waals surface area contributed by atoms with E-state index in [4.69, 9.17) is 19.4 Å². The third-order valence-corrected chi connectivity index (χ3v) is 2.36. The molecule has 5 nitrogen and oxygen atoms in total. The number of methoxy groups -OCH3 is 3. The van der Waals surface area contributed by atoms with Gasteiger partial charge in [0.25, 0.3) is 0 Å². The summed E-state index contributed by atoms with van der Waals surface area (Å²) in [5.74, 6) is 1.73. The van der Waals surface area contributed by atoms with E-state index in [1.807, 2.05) is 12.1 Å². The molecule has 1 aromatic carbocycles. The van der Waals surface area contributed by atoms with Gasteiger partial charge in [-0.3, -0.25) is 0 Å². The molecule has 94 valence electrons. The minimum Gasteiger partial charge on any atom is -0.493 e. The summed E-state index contributed by atoms with van der Waals surface area (Å²) in [5.41, 5.74) is 1.54. The summed E-state index contributed by atoms with van der Waals surface area (Å²) in [6.07, 6.45) is 0.521. The smallest absolute Gasteiger partial charge is 0.203 e. The predicted octanol–water partition coefficient (Wildman–Crippen LogP) is 2.10. The van der Waals surface area contributed by atoms with E-state index in [9.17, 15) is 0 Å². The summed E-state index contributed by atoms with van der Waals surface area (Å²) in [4.78, 5) is 0. The van der Waals surface area contributed by atoms with Crippen molar-refractivity contribution < 1.29 is 19.4 Å². The van der Waals surface area contributed by atoms with E-state index in [0.29, 0.717) is 29.4 Å². The van der Waals surface area contributed by atoms with Crippen molar-refractivity contribution in [3.8, 4) is 17.2 Å². The number of hydrogen-bond donors (Lipinski definition) is 1. The molecule has 0 aliphatic carbocycles. The molecule has 1 N–H and O–H groups in total. The average molecular weight is 239 g/mol. The second-order valence-electron chi connectivity index (χ2n) is 3.55.